The number of rotatable bonds is 6. The Morgan fingerprint density at radius 1 is 1.11 bits per heavy atom. The molecule has 1 aromatic carbocycles. The molecule has 5 atom stereocenters. The zero-order valence-corrected chi connectivity index (χ0v) is 20.7. The van der Waals surface area contributed by atoms with E-state index in [0.717, 1.165) is 11.1 Å². The van der Waals surface area contributed by atoms with Gasteiger partial charge in [-0.15, -0.1) is 0 Å². The molecule has 194 valence electrons. The lowest BCUT2D eigenvalue weighted by Gasteiger charge is -2.48. The number of aliphatic hydroxyl groups is 2. The maximum Gasteiger partial charge on any atom is 0.255 e. The van der Waals surface area contributed by atoms with Gasteiger partial charge < -0.3 is 31.3 Å². The lowest BCUT2D eigenvalue weighted by Crippen LogP contribution is -2.53. The van der Waals surface area contributed by atoms with E-state index in [9.17, 15) is 34.5 Å². The first-order valence-corrected chi connectivity index (χ1v) is 12.2. The lowest BCUT2D eigenvalue weighted by molar-refractivity contribution is -0.126. The number of aryl methyl sites for hydroxylation is 1. The predicted octanol–water partition coefficient (Wildman–Crippen LogP) is 0.371. The molecule has 0 aliphatic heterocycles. The van der Waals surface area contributed by atoms with Gasteiger partial charge in [0.15, 0.2) is 11.6 Å². The summed E-state index contributed by atoms with van der Waals surface area (Å²) in [6.07, 6.45) is 0.0593. The number of carbonyl (C=O) groups excluding carboxylic acids is 4. The van der Waals surface area contributed by atoms with Gasteiger partial charge in [-0.25, -0.2) is 0 Å². The summed E-state index contributed by atoms with van der Waals surface area (Å²) in [7, 11) is 3.53. The summed E-state index contributed by atoms with van der Waals surface area (Å²) in [4.78, 5) is 51.8. The number of phenolic OH excluding ortho intramolecular Hbond substituents is 1. The average Bonchev–Trinajstić information content (AvgIpc) is 2.77. The van der Waals surface area contributed by atoms with Gasteiger partial charge in [0.1, 0.15) is 17.1 Å². The first kappa shape index (κ1) is 25.8. The molecule has 10 heteroatoms. The van der Waals surface area contributed by atoms with Crippen molar-refractivity contribution in [3.8, 4) is 5.75 Å². The largest absolute Gasteiger partial charge is 0.511 e. The number of hydrogen-bond acceptors (Lipinski definition) is 8. The number of ketones is 2. The van der Waals surface area contributed by atoms with E-state index in [1.165, 1.54) is 0 Å². The number of aliphatic hydroxyl groups excluding tert-OH is 2. The smallest absolute Gasteiger partial charge is 0.255 e. The zero-order valence-electron chi connectivity index (χ0n) is 20.7. The van der Waals surface area contributed by atoms with Crippen LogP contribution >= 0.6 is 0 Å². The molecule has 10 nitrogen and oxygen atoms in total. The molecule has 0 aromatic heterocycles. The molecule has 3 aliphatic carbocycles. The van der Waals surface area contributed by atoms with Crippen molar-refractivity contribution in [1.82, 2.24) is 10.2 Å². The highest BCUT2D eigenvalue weighted by atomic mass is 16.3. The molecular formula is C26H33N3O7. The predicted molar refractivity (Wildman–Crippen MR) is 129 cm³/mol. The fourth-order valence-corrected chi connectivity index (χ4v) is 6.30. The second kappa shape index (κ2) is 9.67. The minimum atomic E-state index is -1.34. The summed E-state index contributed by atoms with van der Waals surface area (Å²) in [5.41, 5.74) is 6.92. The number of fused-ring (bicyclic) bond motifs is 3. The standard InChI is InChI=1S/C26H33N3O7/c1-4-11-5-14(9-28-17(31)10-29(2)3)22(32)20-15(11)7-12-6-13-8-16(30)21(26(27)36)25(35)19(13)23(33)18(12)24(20)34/h5,12-13,18-19,23,32-33,35H,4,6-10H2,1-3H3,(H2,27,36)(H,28,31)/t12-,13?,18?,19?,23?/m1/s1. The Morgan fingerprint density at radius 3 is 2.39 bits per heavy atom. The Kier molecular flexibility index (Phi) is 6.94. The minimum Gasteiger partial charge on any atom is -0.511 e. The highest BCUT2D eigenvalue weighted by molar-refractivity contribution is 6.19. The molecule has 0 saturated heterocycles. The molecular weight excluding hydrogens is 466 g/mol. The summed E-state index contributed by atoms with van der Waals surface area (Å²) >= 11 is 0. The number of nitrogens with two attached hydrogens (primary N) is 1. The Balaban J connectivity index is 1.71. The van der Waals surface area contributed by atoms with Gasteiger partial charge in [-0.2, -0.15) is 0 Å². The fraction of sp³-hybridized carbons (Fsp3) is 0.538. The third kappa shape index (κ3) is 4.28. The Morgan fingerprint density at radius 2 is 1.78 bits per heavy atom. The van der Waals surface area contributed by atoms with E-state index >= 15 is 0 Å². The number of aromatic hydroxyl groups is 1. The van der Waals surface area contributed by atoms with E-state index < -0.39 is 52.7 Å². The van der Waals surface area contributed by atoms with Crippen molar-refractivity contribution in [2.75, 3.05) is 20.6 Å². The van der Waals surface area contributed by atoms with Crippen LogP contribution in [0.2, 0.25) is 0 Å². The third-order valence-electron chi connectivity index (χ3n) is 7.81. The number of hydrogen-bond donors (Lipinski definition) is 5. The molecule has 0 bridgehead atoms. The summed E-state index contributed by atoms with van der Waals surface area (Å²) in [5, 5.41) is 35.8. The summed E-state index contributed by atoms with van der Waals surface area (Å²) in [5.74, 6) is -5.63. The first-order valence-electron chi connectivity index (χ1n) is 12.2. The van der Waals surface area contributed by atoms with Crippen LogP contribution in [0.5, 0.6) is 5.75 Å². The van der Waals surface area contributed by atoms with Crippen molar-refractivity contribution < 1.29 is 34.5 Å². The Hall–Kier alpha value is -3.24. The van der Waals surface area contributed by atoms with Gasteiger partial charge in [0.25, 0.3) is 5.91 Å². The number of amides is 2. The highest BCUT2D eigenvalue weighted by Crippen LogP contribution is 2.51. The van der Waals surface area contributed by atoms with Gasteiger partial charge in [0, 0.05) is 24.4 Å². The van der Waals surface area contributed by atoms with Gasteiger partial charge in [0.05, 0.1) is 24.1 Å². The number of nitrogens with one attached hydrogen (secondary N) is 1. The van der Waals surface area contributed by atoms with E-state index in [1.54, 1.807) is 25.1 Å². The van der Waals surface area contributed by atoms with Crippen molar-refractivity contribution in [2.45, 2.75) is 45.3 Å². The van der Waals surface area contributed by atoms with E-state index in [-0.39, 0.29) is 42.6 Å². The van der Waals surface area contributed by atoms with E-state index in [4.69, 9.17) is 5.73 Å². The van der Waals surface area contributed by atoms with Crippen molar-refractivity contribution in [3.63, 3.8) is 0 Å². The number of likely N-dealkylation sites (N-methyl/N-ethyl adjacent to an activating group) is 1. The molecule has 0 radical (unpaired) electrons. The Bertz CT molecular complexity index is 1170. The fourth-order valence-electron chi connectivity index (χ4n) is 6.30. The molecule has 6 N–H and O–H groups in total. The monoisotopic (exact) mass is 499 g/mol. The molecule has 1 aromatic rings. The second-order valence-corrected chi connectivity index (χ2v) is 10.4. The van der Waals surface area contributed by atoms with Gasteiger partial charge in [-0.05, 0) is 56.3 Å². The maximum atomic E-state index is 13.8. The van der Waals surface area contributed by atoms with Crippen molar-refractivity contribution in [3.05, 3.63) is 39.7 Å². The number of nitrogens with zero attached hydrogens (tertiary/aromatic N) is 1. The SMILES string of the molecule is CCc1cc(CNC(=O)CN(C)C)c(O)c2c1C[C@H]1CC3CC(=O)C(C(N)=O)=C(O)C3C(O)C1C2=O. The van der Waals surface area contributed by atoms with Gasteiger partial charge >= 0.3 is 0 Å². The molecule has 4 rings (SSSR count). The maximum absolute atomic E-state index is 13.8. The van der Waals surface area contributed by atoms with Crippen LogP contribution < -0.4 is 11.1 Å². The van der Waals surface area contributed by atoms with Crippen LogP contribution in [0.3, 0.4) is 0 Å². The van der Waals surface area contributed by atoms with Crippen LogP contribution in [0.15, 0.2) is 17.4 Å². The van der Waals surface area contributed by atoms with Gasteiger partial charge in [0.2, 0.25) is 5.91 Å². The summed E-state index contributed by atoms with van der Waals surface area (Å²) in [6, 6.07) is 1.80. The van der Waals surface area contributed by atoms with Crippen LogP contribution in [0.4, 0.5) is 0 Å². The quantitative estimate of drug-likeness (QED) is 0.350. The third-order valence-corrected chi connectivity index (χ3v) is 7.81. The van der Waals surface area contributed by atoms with E-state index in [2.05, 4.69) is 5.32 Å². The van der Waals surface area contributed by atoms with Crippen LogP contribution in [0.25, 0.3) is 0 Å². The molecule has 0 spiro atoms. The molecule has 2 amide bonds. The molecule has 1 fully saturated rings. The van der Waals surface area contributed by atoms with Crippen LogP contribution in [-0.4, -0.2) is 70.3 Å². The molecule has 0 heterocycles. The normalized spacial score (nSPS) is 27.4. The van der Waals surface area contributed by atoms with Crippen LogP contribution in [0, 0.1) is 23.7 Å². The average molecular weight is 500 g/mol. The summed E-state index contributed by atoms with van der Waals surface area (Å²) < 4.78 is 0. The minimum absolute atomic E-state index is 0.0359. The first-order chi connectivity index (χ1) is 17.0. The number of Topliss-reactive ketones (excluding diaryl/α,β-unsaturated/α-hetero) is 2. The zero-order chi connectivity index (χ0) is 26.5. The number of primary amides is 1. The van der Waals surface area contributed by atoms with E-state index in [0.29, 0.717) is 24.8 Å². The molecule has 36 heavy (non-hydrogen) atoms. The van der Waals surface area contributed by atoms with Gasteiger partial charge in [-0.1, -0.05) is 13.0 Å². The number of carbonyl (C=O) groups is 4. The van der Waals surface area contributed by atoms with Crippen LogP contribution in [0.1, 0.15) is 46.8 Å². The molecule has 3 aliphatic rings. The second-order valence-electron chi connectivity index (χ2n) is 10.4. The number of phenols is 1. The van der Waals surface area contributed by atoms with Crippen LogP contribution in [-0.2, 0) is 33.8 Å². The Labute approximate surface area is 209 Å². The van der Waals surface area contributed by atoms with Gasteiger partial charge in [-0.3, -0.25) is 19.2 Å². The van der Waals surface area contributed by atoms with Crippen molar-refractivity contribution in [1.29, 1.82) is 0 Å². The van der Waals surface area contributed by atoms with E-state index in [1.807, 2.05) is 6.92 Å². The topological polar surface area (TPSA) is 170 Å². The molecule has 4 unspecified atom stereocenters. The van der Waals surface area contributed by atoms with Crippen molar-refractivity contribution >= 4 is 23.4 Å². The summed E-state index contributed by atoms with van der Waals surface area (Å²) in [6.45, 7) is 2.16. The highest BCUT2D eigenvalue weighted by Gasteiger charge is 2.54. The lowest BCUT2D eigenvalue weighted by atomic mass is 9.57. The molecule has 1 saturated carbocycles. The van der Waals surface area contributed by atoms with Crippen molar-refractivity contribution in [2.24, 2.45) is 29.4 Å². The number of benzene rings is 1.